The third-order valence-electron chi connectivity index (χ3n) is 5.48. The van der Waals surface area contributed by atoms with Crippen LogP contribution in [0.1, 0.15) is 29.8 Å². The quantitative estimate of drug-likeness (QED) is 0.402. The summed E-state index contributed by atoms with van der Waals surface area (Å²) in [5, 5.41) is 17.0. The number of anilines is 3. The van der Waals surface area contributed by atoms with Gasteiger partial charge in [-0.3, -0.25) is 5.10 Å². The van der Waals surface area contributed by atoms with E-state index in [0.29, 0.717) is 16.8 Å². The minimum Gasteiger partial charge on any atom is -0.335 e. The number of piperidine rings is 1. The first-order valence-electron chi connectivity index (χ1n) is 11.0. The molecule has 174 valence electrons. The Morgan fingerprint density at radius 3 is 2.58 bits per heavy atom. The number of aromatic amines is 1. The molecule has 1 aliphatic heterocycles. The molecular weight excluding hydrogens is 436 g/mol. The molecule has 1 saturated heterocycles. The van der Waals surface area contributed by atoms with Gasteiger partial charge in [-0.25, -0.2) is 14.8 Å². The Hall–Kier alpha value is -3.11. The normalized spacial score (nSPS) is 14.8. The van der Waals surface area contributed by atoms with Gasteiger partial charge in [-0.15, -0.1) is 0 Å². The van der Waals surface area contributed by atoms with Gasteiger partial charge in [-0.05, 0) is 89.3 Å². The molecule has 0 bridgehead atoms. The number of benzene rings is 1. The summed E-state index contributed by atoms with van der Waals surface area (Å²) in [6.45, 7) is 7.93. The SMILES string of the molecule is Cc1cc(Nc2cc(C)[nH]n2)nc(Sc2ccc(NC(=O)NC3CCN(C)CC3)cc2C)n1. The van der Waals surface area contributed by atoms with Crippen molar-refractivity contribution in [1.82, 2.24) is 30.4 Å². The third kappa shape index (κ3) is 6.45. The zero-order valence-corrected chi connectivity index (χ0v) is 20.2. The topological polar surface area (TPSA) is 111 Å². The van der Waals surface area contributed by atoms with Crippen LogP contribution in [0.2, 0.25) is 0 Å². The number of aryl methyl sites for hydroxylation is 3. The molecule has 1 aromatic carbocycles. The molecule has 0 saturated carbocycles. The molecule has 4 rings (SSSR count). The van der Waals surface area contributed by atoms with Crippen LogP contribution in [-0.4, -0.2) is 57.3 Å². The van der Waals surface area contributed by atoms with E-state index in [-0.39, 0.29) is 12.1 Å². The van der Waals surface area contributed by atoms with Crippen molar-refractivity contribution >= 4 is 35.1 Å². The van der Waals surface area contributed by atoms with E-state index in [9.17, 15) is 4.79 Å². The van der Waals surface area contributed by atoms with E-state index in [1.807, 2.05) is 51.1 Å². The Bertz CT molecular complexity index is 1120. The maximum atomic E-state index is 12.4. The lowest BCUT2D eigenvalue weighted by atomic mass is 10.1. The Kier molecular flexibility index (Phi) is 7.14. The van der Waals surface area contributed by atoms with Crippen LogP contribution in [0.3, 0.4) is 0 Å². The average Bonchev–Trinajstić information content (AvgIpc) is 3.16. The number of nitrogens with zero attached hydrogens (tertiary/aromatic N) is 4. The maximum Gasteiger partial charge on any atom is 0.319 e. The van der Waals surface area contributed by atoms with Gasteiger partial charge in [0.15, 0.2) is 11.0 Å². The lowest BCUT2D eigenvalue weighted by Crippen LogP contribution is -2.44. The van der Waals surface area contributed by atoms with Crippen LogP contribution in [0.25, 0.3) is 0 Å². The first kappa shape index (κ1) is 23.1. The second kappa shape index (κ2) is 10.2. The van der Waals surface area contributed by atoms with Gasteiger partial charge < -0.3 is 20.9 Å². The van der Waals surface area contributed by atoms with E-state index in [0.717, 1.165) is 53.5 Å². The first-order chi connectivity index (χ1) is 15.8. The summed E-state index contributed by atoms with van der Waals surface area (Å²) >= 11 is 1.49. The van der Waals surface area contributed by atoms with Crippen LogP contribution in [0.4, 0.5) is 22.1 Å². The number of H-pyrrole nitrogens is 1. The predicted molar refractivity (Wildman–Crippen MR) is 131 cm³/mol. The minimum absolute atomic E-state index is 0.157. The van der Waals surface area contributed by atoms with Crippen LogP contribution in [0.5, 0.6) is 0 Å². The molecule has 9 nitrogen and oxygen atoms in total. The zero-order chi connectivity index (χ0) is 23.4. The Balaban J connectivity index is 1.38. The van der Waals surface area contributed by atoms with Crippen molar-refractivity contribution in [3.05, 3.63) is 47.3 Å². The fourth-order valence-corrected chi connectivity index (χ4v) is 4.60. The lowest BCUT2D eigenvalue weighted by Gasteiger charge is -2.29. The molecule has 10 heteroatoms. The number of amides is 2. The van der Waals surface area contributed by atoms with Gasteiger partial charge in [0.2, 0.25) is 0 Å². The summed E-state index contributed by atoms with van der Waals surface area (Å²) < 4.78 is 0. The number of aromatic nitrogens is 4. The summed E-state index contributed by atoms with van der Waals surface area (Å²) in [5.74, 6) is 1.41. The fourth-order valence-electron chi connectivity index (χ4n) is 3.71. The highest BCUT2D eigenvalue weighted by Crippen LogP contribution is 2.31. The van der Waals surface area contributed by atoms with Crippen LogP contribution < -0.4 is 16.0 Å². The summed E-state index contributed by atoms with van der Waals surface area (Å²) in [6.07, 6.45) is 1.96. The summed E-state index contributed by atoms with van der Waals surface area (Å²) in [6, 6.07) is 9.74. The number of nitrogens with one attached hydrogen (secondary N) is 4. The Labute approximate surface area is 198 Å². The predicted octanol–water partition coefficient (Wildman–Crippen LogP) is 4.24. The number of urea groups is 1. The van der Waals surface area contributed by atoms with Gasteiger partial charge in [-0.1, -0.05) is 0 Å². The largest absolute Gasteiger partial charge is 0.335 e. The van der Waals surface area contributed by atoms with Crippen molar-refractivity contribution in [3.63, 3.8) is 0 Å². The van der Waals surface area contributed by atoms with Gasteiger partial charge >= 0.3 is 6.03 Å². The molecule has 0 atom stereocenters. The highest BCUT2D eigenvalue weighted by Gasteiger charge is 2.18. The molecule has 3 heterocycles. The summed E-state index contributed by atoms with van der Waals surface area (Å²) in [7, 11) is 2.11. The standard InChI is InChI=1S/C23H30N8OS/c1-14-11-18(26-22(32)25-17-7-9-31(4)10-8-17)5-6-19(14)33-23-24-15(2)12-20(28-23)27-21-13-16(3)29-30-21/h5-6,11-13,17H,7-10H2,1-4H3,(H2,25,26,32)(H2,24,27,28,29,30). The Morgan fingerprint density at radius 1 is 1.09 bits per heavy atom. The van der Waals surface area contributed by atoms with E-state index in [2.05, 4.69) is 48.1 Å². The fraction of sp³-hybridized carbons (Fsp3) is 0.391. The van der Waals surface area contributed by atoms with Gasteiger partial charge in [0.25, 0.3) is 0 Å². The van der Waals surface area contributed by atoms with Gasteiger partial charge in [-0.2, -0.15) is 5.10 Å². The molecule has 3 aromatic rings. The van der Waals surface area contributed by atoms with Crippen molar-refractivity contribution < 1.29 is 4.79 Å². The van der Waals surface area contributed by atoms with E-state index < -0.39 is 0 Å². The van der Waals surface area contributed by atoms with Crippen molar-refractivity contribution in [1.29, 1.82) is 0 Å². The number of hydrogen-bond donors (Lipinski definition) is 4. The van der Waals surface area contributed by atoms with Crippen LogP contribution >= 0.6 is 11.8 Å². The lowest BCUT2D eigenvalue weighted by molar-refractivity contribution is 0.221. The molecule has 0 spiro atoms. The van der Waals surface area contributed by atoms with Crippen molar-refractivity contribution in [2.75, 3.05) is 30.8 Å². The molecule has 2 amide bonds. The third-order valence-corrected chi connectivity index (χ3v) is 6.53. The van der Waals surface area contributed by atoms with Crippen LogP contribution in [0.15, 0.2) is 40.4 Å². The summed E-state index contributed by atoms with van der Waals surface area (Å²) in [5.41, 5.74) is 3.65. The molecule has 1 fully saturated rings. The van der Waals surface area contributed by atoms with Gasteiger partial charge in [0, 0.05) is 40.1 Å². The minimum atomic E-state index is -0.157. The summed E-state index contributed by atoms with van der Waals surface area (Å²) in [4.78, 5) is 24.9. The van der Waals surface area contributed by atoms with Crippen molar-refractivity contribution in [3.8, 4) is 0 Å². The molecule has 0 radical (unpaired) electrons. The van der Waals surface area contributed by atoms with Crippen LogP contribution in [-0.2, 0) is 0 Å². The van der Waals surface area contributed by atoms with E-state index in [4.69, 9.17) is 0 Å². The molecule has 2 aromatic heterocycles. The second-order valence-corrected chi connectivity index (χ2v) is 9.51. The van der Waals surface area contributed by atoms with Crippen molar-refractivity contribution in [2.45, 2.75) is 49.7 Å². The highest BCUT2D eigenvalue weighted by atomic mass is 32.2. The molecule has 1 aliphatic rings. The first-order valence-corrected chi connectivity index (χ1v) is 11.8. The molecule has 33 heavy (non-hydrogen) atoms. The zero-order valence-electron chi connectivity index (χ0n) is 19.4. The van der Waals surface area contributed by atoms with Crippen LogP contribution in [0, 0.1) is 20.8 Å². The molecule has 4 N–H and O–H groups in total. The smallest absolute Gasteiger partial charge is 0.319 e. The van der Waals surface area contributed by atoms with Crippen molar-refractivity contribution in [2.24, 2.45) is 0 Å². The number of likely N-dealkylation sites (tertiary alicyclic amines) is 1. The average molecular weight is 467 g/mol. The molecule has 0 unspecified atom stereocenters. The van der Waals surface area contributed by atoms with E-state index in [1.165, 1.54) is 11.8 Å². The Morgan fingerprint density at radius 2 is 1.88 bits per heavy atom. The second-order valence-electron chi connectivity index (χ2n) is 8.50. The van der Waals surface area contributed by atoms with E-state index >= 15 is 0 Å². The number of carbonyl (C=O) groups excluding carboxylic acids is 1. The van der Waals surface area contributed by atoms with E-state index in [1.54, 1.807) is 0 Å². The van der Waals surface area contributed by atoms with Gasteiger partial charge in [0.1, 0.15) is 5.82 Å². The molecular formula is C23H30N8OS. The van der Waals surface area contributed by atoms with Gasteiger partial charge in [0.05, 0.1) is 0 Å². The maximum absolute atomic E-state index is 12.4. The number of rotatable bonds is 6. The number of carbonyl (C=O) groups is 1. The number of hydrogen-bond acceptors (Lipinski definition) is 7. The molecule has 0 aliphatic carbocycles. The monoisotopic (exact) mass is 466 g/mol. The highest BCUT2D eigenvalue weighted by molar-refractivity contribution is 7.99.